The van der Waals surface area contributed by atoms with Gasteiger partial charge in [0.05, 0.1) is 11.4 Å². The molecule has 10 heteroatoms. The Labute approximate surface area is 159 Å². The highest BCUT2D eigenvalue weighted by Crippen LogP contribution is 2.32. The van der Waals surface area contributed by atoms with E-state index >= 15 is 0 Å². The molecular weight excluding hydrogens is 368 g/mol. The van der Waals surface area contributed by atoms with Crippen molar-refractivity contribution in [2.24, 2.45) is 0 Å². The number of carbonyl (C=O) groups is 1. The van der Waals surface area contributed by atoms with Crippen molar-refractivity contribution in [2.45, 2.75) is 63.9 Å². The van der Waals surface area contributed by atoms with Crippen LogP contribution in [0.3, 0.4) is 0 Å². The maximum atomic E-state index is 12.9. The van der Waals surface area contributed by atoms with E-state index in [1.165, 1.54) is 11.3 Å². The van der Waals surface area contributed by atoms with Gasteiger partial charge < -0.3 is 4.90 Å². The van der Waals surface area contributed by atoms with E-state index in [9.17, 15) is 13.2 Å². The number of hydrogen-bond donors (Lipinski definition) is 0. The van der Waals surface area contributed by atoms with Gasteiger partial charge in [-0.05, 0) is 39.7 Å². The third kappa shape index (κ3) is 3.76. The van der Waals surface area contributed by atoms with Crippen LogP contribution in [0.4, 0.5) is 4.79 Å². The summed E-state index contributed by atoms with van der Waals surface area (Å²) in [7, 11) is -4.05. The molecule has 0 aliphatic heterocycles. The zero-order valence-electron chi connectivity index (χ0n) is 16.0. The van der Waals surface area contributed by atoms with Crippen molar-refractivity contribution in [1.29, 1.82) is 0 Å². The molecule has 1 aliphatic carbocycles. The molecule has 2 heterocycles. The summed E-state index contributed by atoms with van der Waals surface area (Å²) in [5.41, 5.74) is 1.32. The molecule has 3 rings (SSSR count). The first-order valence-corrected chi connectivity index (χ1v) is 10.9. The standard InChI is InChI=1S/C17H26N6O3S/c1-4-21(5-2)17(24)22-12-18-16(20-22)27(25,26)23-13(3)11-15(19-23)14-9-7-6-8-10-14/h11-12,14H,4-10H2,1-3H3. The Morgan fingerprint density at radius 2 is 1.85 bits per heavy atom. The van der Waals surface area contributed by atoms with E-state index in [2.05, 4.69) is 15.2 Å². The molecule has 0 saturated heterocycles. The van der Waals surface area contributed by atoms with E-state index in [1.807, 2.05) is 19.9 Å². The molecule has 0 N–H and O–H groups in total. The molecule has 0 atom stereocenters. The van der Waals surface area contributed by atoms with Crippen LogP contribution in [-0.4, -0.2) is 56.4 Å². The third-order valence-electron chi connectivity index (χ3n) is 5.05. The molecule has 9 nitrogen and oxygen atoms in total. The number of aryl methyl sites for hydroxylation is 1. The monoisotopic (exact) mass is 394 g/mol. The molecule has 0 aromatic carbocycles. The topological polar surface area (TPSA) is 103 Å². The van der Waals surface area contributed by atoms with E-state index < -0.39 is 21.2 Å². The van der Waals surface area contributed by atoms with Crippen molar-refractivity contribution in [3.05, 3.63) is 23.8 Å². The predicted molar refractivity (Wildman–Crippen MR) is 99.1 cm³/mol. The second-order valence-corrected chi connectivity index (χ2v) is 8.48. The van der Waals surface area contributed by atoms with Gasteiger partial charge in [-0.15, -0.1) is 5.10 Å². The van der Waals surface area contributed by atoms with Gasteiger partial charge in [0, 0.05) is 19.0 Å². The summed E-state index contributed by atoms with van der Waals surface area (Å²) < 4.78 is 27.8. The highest BCUT2D eigenvalue weighted by molar-refractivity contribution is 7.89. The summed E-state index contributed by atoms with van der Waals surface area (Å²) in [6.45, 7) is 6.39. The fourth-order valence-electron chi connectivity index (χ4n) is 3.50. The fraction of sp³-hybridized carbons (Fsp3) is 0.647. The largest absolute Gasteiger partial charge is 0.346 e. The Kier molecular flexibility index (Phi) is 5.64. The molecule has 0 spiro atoms. The Morgan fingerprint density at radius 1 is 1.19 bits per heavy atom. The van der Waals surface area contributed by atoms with Gasteiger partial charge in [-0.1, -0.05) is 19.3 Å². The summed E-state index contributed by atoms with van der Waals surface area (Å²) in [6.07, 6.45) is 6.69. The van der Waals surface area contributed by atoms with Gasteiger partial charge in [0.1, 0.15) is 6.33 Å². The van der Waals surface area contributed by atoms with Crippen LogP contribution in [-0.2, 0) is 10.0 Å². The molecule has 1 saturated carbocycles. The molecule has 2 aromatic rings. The van der Waals surface area contributed by atoms with E-state index in [0.717, 1.165) is 46.5 Å². The van der Waals surface area contributed by atoms with Crippen molar-refractivity contribution in [3.8, 4) is 0 Å². The van der Waals surface area contributed by atoms with E-state index in [1.54, 1.807) is 6.92 Å². The lowest BCUT2D eigenvalue weighted by Gasteiger charge is -2.19. The first-order chi connectivity index (χ1) is 12.9. The number of hydrogen-bond acceptors (Lipinski definition) is 6. The van der Waals surface area contributed by atoms with Crippen molar-refractivity contribution in [2.75, 3.05) is 13.1 Å². The second-order valence-electron chi connectivity index (χ2n) is 6.82. The van der Waals surface area contributed by atoms with Crippen LogP contribution in [0.1, 0.15) is 63.3 Å². The van der Waals surface area contributed by atoms with Crippen LogP contribution >= 0.6 is 0 Å². The average Bonchev–Trinajstić information content (AvgIpc) is 3.31. The summed E-state index contributed by atoms with van der Waals surface area (Å²) in [5, 5.41) is 7.82. The highest BCUT2D eigenvalue weighted by Gasteiger charge is 2.29. The van der Waals surface area contributed by atoms with Crippen LogP contribution in [0.25, 0.3) is 0 Å². The Hall–Kier alpha value is -2.23. The minimum atomic E-state index is -4.05. The van der Waals surface area contributed by atoms with Crippen LogP contribution in [0.5, 0.6) is 0 Å². The zero-order chi connectivity index (χ0) is 19.6. The minimum Gasteiger partial charge on any atom is -0.323 e. The van der Waals surface area contributed by atoms with E-state index in [-0.39, 0.29) is 0 Å². The number of nitrogens with zero attached hydrogens (tertiary/aromatic N) is 6. The van der Waals surface area contributed by atoms with Gasteiger partial charge in [0.25, 0.3) is 5.16 Å². The number of carbonyl (C=O) groups excluding carboxylic acids is 1. The SMILES string of the molecule is CCN(CC)C(=O)n1cnc(S(=O)(=O)n2nc(C3CCCCC3)cc2C)n1. The van der Waals surface area contributed by atoms with Gasteiger partial charge in [-0.3, -0.25) is 0 Å². The van der Waals surface area contributed by atoms with Crippen molar-refractivity contribution in [3.63, 3.8) is 0 Å². The molecule has 1 fully saturated rings. The first kappa shape index (κ1) is 19.5. The lowest BCUT2D eigenvalue weighted by molar-refractivity contribution is 0.201. The second kappa shape index (κ2) is 7.79. The van der Waals surface area contributed by atoms with Crippen LogP contribution < -0.4 is 0 Å². The lowest BCUT2D eigenvalue weighted by atomic mass is 9.87. The summed E-state index contributed by atoms with van der Waals surface area (Å²) in [5.74, 6) is 0.295. The van der Waals surface area contributed by atoms with Gasteiger partial charge in [-0.2, -0.15) is 22.3 Å². The summed E-state index contributed by atoms with van der Waals surface area (Å²) >= 11 is 0. The van der Waals surface area contributed by atoms with Crippen molar-refractivity contribution in [1.82, 2.24) is 28.9 Å². The molecule has 0 unspecified atom stereocenters. The number of amides is 1. The van der Waals surface area contributed by atoms with Crippen molar-refractivity contribution >= 4 is 16.1 Å². The van der Waals surface area contributed by atoms with Crippen molar-refractivity contribution < 1.29 is 13.2 Å². The average molecular weight is 395 g/mol. The molecular formula is C17H26N6O3S. The molecule has 2 aromatic heterocycles. The Morgan fingerprint density at radius 3 is 2.48 bits per heavy atom. The zero-order valence-corrected chi connectivity index (χ0v) is 16.8. The maximum absolute atomic E-state index is 12.9. The smallest absolute Gasteiger partial charge is 0.323 e. The maximum Gasteiger partial charge on any atom is 0.346 e. The molecule has 1 aliphatic rings. The molecule has 0 bridgehead atoms. The molecule has 1 amide bonds. The van der Waals surface area contributed by atoms with Gasteiger partial charge in [0.15, 0.2) is 0 Å². The predicted octanol–water partition coefficient (Wildman–Crippen LogP) is 2.38. The fourth-order valence-corrected chi connectivity index (χ4v) is 4.66. The van der Waals surface area contributed by atoms with Gasteiger partial charge in [-0.25, -0.2) is 9.78 Å². The summed E-state index contributed by atoms with van der Waals surface area (Å²) in [6, 6.07) is 1.42. The Bertz CT molecular complexity index is 907. The quantitative estimate of drug-likeness (QED) is 0.771. The van der Waals surface area contributed by atoms with E-state index in [4.69, 9.17) is 0 Å². The molecule has 0 radical (unpaired) electrons. The van der Waals surface area contributed by atoms with Crippen LogP contribution in [0.2, 0.25) is 0 Å². The van der Waals surface area contributed by atoms with E-state index in [0.29, 0.717) is 24.7 Å². The summed E-state index contributed by atoms with van der Waals surface area (Å²) in [4.78, 5) is 17.7. The number of rotatable bonds is 5. The number of aromatic nitrogens is 5. The minimum absolute atomic E-state index is 0.295. The highest BCUT2D eigenvalue weighted by atomic mass is 32.2. The lowest BCUT2D eigenvalue weighted by Crippen LogP contribution is -2.34. The van der Waals surface area contributed by atoms with Gasteiger partial charge >= 0.3 is 16.1 Å². The van der Waals surface area contributed by atoms with Crippen LogP contribution in [0.15, 0.2) is 17.6 Å². The van der Waals surface area contributed by atoms with Gasteiger partial charge in [0.2, 0.25) is 0 Å². The normalized spacial score (nSPS) is 15.8. The van der Waals surface area contributed by atoms with Crippen LogP contribution in [0, 0.1) is 6.92 Å². The molecule has 27 heavy (non-hydrogen) atoms. The molecule has 148 valence electrons. The Balaban J connectivity index is 1.89. The first-order valence-electron chi connectivity index (χ1n) is 9.41. The third-order valence-corrected chi connectivity index (χ3v) is 6.52.